The Morgan fingerprint density at radius 3 is 2.43 bits per heavy atom. The third-order valence-corrected chi connectivity index (χ3v) is 5.63. The van der Waals surface area contributed by atoms with E-state index >= 15 is 0 Å². The molecule has 28 heavy (non-hydrogen) atoms. The molecule has 0 aromatic heterocycles. The predicted molar refractivity (Wildman–Crippen MR) is 114 cm³/mol. The van der Waals surface area contributed by atoms with Gasteiger partial charge in [0, 0.05) is 32.7 Å². The van der Waals surface area contributed by atoms with Crippen molar-refractivity contribution in [2.75, 3.05) is 44.7 Å². The summed E-state index contributed by atoms with van der Waals surface area (Å²) in [5, 5.41) is 3.84. The average molecular weight is 402 g/mol. The van der Waals surface area contributed by atoms with Crippen molar-refractivity contribution in [3.63, 3.8) is 0 Å². The molecule has 2 aromatic rings. The van der Waals surface area contributed by atoms with Gasteiger partial charge in [0.05, 0.1) is 23.9 Å². The van der Waals surface area contributed by atoms with E-state index in [9.17, 15) is 4.79 Å². The molecule has 0 radical (unpaired) electrons. The highest BCUT2D eigenvalue weighted by molar-refractivity contribution is 6.33. The highest BCUT2D eigenvalue weighted by atomic mass is 35.5. The van der Waals surface area contributed by atoms with Crippen LogP contribution >= 0.6 is 11.6 Å². The van der Waals surface area contributed by atoms with E-state index in [1.807, 2.05) is 55.5 Å². The van der Waals surface area contributed by atoms with Gasteiger partial charge in [-0.05, 0) is 43.2 Å². The number of halogens is 1. The topological polar surface area (TPSA) is 44.8 Å². The largest absolute Gasteiger partial charge is 0.497 e. The number of benzene rings is 2. The smallest absolute Gasteiger partial charge is 0.237 e. The molecule has 3 rings (SSSR count). The fourth-order valence-electron chi connectivity index (χ4n) is 3.49. The van der Waals surface area contributed by atoms with Crippen molar-refractivity contribution in [2.45, 2.75) is 19.4 Å². The molecule has 150 valence electrons. The minimum Gasteiger partial charge on any atom is -0.497 e. The standard InChI is InChI=1S/C22H28ClN3O2/c1-17(22(27)24-12-11-18-7-9-19(28-2)10-8-18)25-13-15-26(16-14-25)21-6-4-3-5-20(21)23/h3-10,17H,11-16H2,1-2H3,(H,24,27). The predicted octanol–water partition coefficient (Wildman–Crippen LogP) is 3.22. The van der Waals surface area contributed by atoms with Gasteiger partial charge in [0.25, 0.3) is 0 Å². The Morgan fingerprint density at radius 1 is 1.11 bits per heavy atom. The summed E-state index contributed by atoms with van der Waals surface area (Å²) in [4.78, 5) is 17.0. The van der Waals surface area contributed by atoms with Crippen LogP contribution in [0.3, 0.4) is 0 Å². The summed E-state index contributed by atoms with van der Waals surface area (Å²) < 4.78 is 5.17. The maximum atomic E-state index is 12.5. The van der Waals surface area contributed by atoms with Gasteiger partial charge < -0.3 is 15.0 Å². The SMILES string of the molecule is COc1ccc(CCNC(=O)C(C)N2CCN(c3ccccc3Cl)CC2)cc1. The average Bonchev–Trinajstić information content (AvgIpc) is 2.74. The number of methoxy groups -OCH3 is 1. The summed E-state index contributed by atoms with van der Waals surface area (Å²) in [5.41, 5.74) is 2.25. The first-order valence-corrected chi connectivity index (χ1v) is 10.1. The first kappa shape index (κ1) is 20.5. The number of piperazine rings is 1. The molecule has 5 nitrogen and oxygen atoms in total. The van der Waals surface area contributed by atoms with Gasteiger partial charge in [0.2, 0.25) is 5.91 Å². The molecule has 1 unspecified atom stereocenters. The third kappa shape index (κ3) is 5.18. The fourth-order valence-corrected chi connectivity index (χ4v) is 3.75. The zero-order chi connectivity index (χ0) is 19.9. The van der Waals surface area contributed by atoms with Crippen LogP contribution in [0.15, 0.2) is 48.5 Å². The van der Waals surface area contributed by atoms with Crippen molar-refractivity contribution in [1.29, 1.82) is 0 Å². The normalized spacial score (nSPS) is 15.9. The summed E-state index contributed by atoms with van der Waals surface area (Å²) in [7, 11) is 1.66. The van der Waals surface area contributed by atoms with Crippen LogP contribution in [-0.4, -0.2) is 56.7 Å². The molecular formula is C22H28ClN3O2. The van der Waals surface area contributed by atoms with Gasteiger partial charge in [-0.1, -0.05) is 35.9 Å². The molecule has 0 spiro atoms. The van der Waals surface area contributed by atoms with E-state index in [0.29, 0.717) is 6.54 Å². The van der Waals surface area contributed by atoms with Crippen molar-refractivity contribution in [1.82, 2.24) is 10.2 Å². The van der Waals surface area contributed by atoms with Crippen molar-refractivity contribution in [3.8, 4) is 5.75 Å². The van der Waals surface area contributed by atoms with Crippen LogP contribution in [0.2, 0.25) is 5.02 Å². The number of nitrogens with one attached hydrogen (secondary N) is 1. The zero-order valence-electron chi connectivity index (χ0n) is 16.5. The van der Waals surface area contributed by atoms with E-state index < -0.39 is 0 Å². The zero-order valence-corrected chi connectivity index (χ0v) is 17.3. The Morgan fingerprint density at radius 2 is 1.79 bits per heavy atom. The van der Waals surface area contributed by atoms with E-state index in [0.717, 1.165) is 49.1 Å². The van der Waals surface area contributed by atoms with Crippen LogP contribution < -0.4 is 15.0 Å². The van der Waals surface area contributed by atoms with E-state index in [-0.39, 0.29) is 11.9 Å². The molecule has 0 bridgehead atoms. The Hall–Kier alpha value is -2.24. The second kappa shape index (κ2) is 9.80. The number of carbonyl (C=O) groups excluding carboxylic acids is 1. The second-order valence-corrected chi connectivity index (χ2v) is 7.45. The van der Waals surface area contributed by atoms with Crippen molar-refractivity contribution in [2.24, 2.45) is 0 Å². The Labute approximate surface area is 172 Å². The van der Waals surface area contributed by atoms with Crippen LogP contribution in [0, 0.1) is 0 Å². The van der Waals surface area contributed by atoms with E-state index in [2.05, 4.69) is 15.1 Å². The molecule has 0 saturated carbocycles. The van der Waals surface area contributed by atoms with Gasteiger partial charge in [-0.15, -0.1) is 0 Å². The minimum absolute atomic E-state index is 0.0831. The van der Waals surface area contributed by atoms with Gasteiger partial charge in [-0.3, -0.25) is 9.69 Å². The molecule has 1 fully saturated rings. The molecule has 0 aliphatic carbocycles. The molecule has 1 aliphatic heterocycles. The number of hydrogen-bond acceptors (Lipinski definition) is 4. The lowest BCUT2D eigenvalue weighted by Crippen LogP contribution is -2.54. The van der Waals surface area contributed by atoms with Crippen LogP contribution in [-0.2, 0) is 11.2 Å². The minimum atomic E-state index is -0.135. The lowest BCUT2D eigenvalue weighted by molar-refractivity contribution is -0.125. The van der Waals surface area contributed by atoms with E-state index in [4.69, 9.17) is 16.3 Å². The summed E-state index contributed by atoms with van der Waals surface area (Å²) >= 11 is 6.31. The third-order valence-electron chi connectivity index (χ3n) is 5.31. The lowest BCUT2D eigenvalue weighted by atomic mass is 10.1. The molecule has 2 aromatic carbocycles. The van der Waals surface area contributed by atoms with Crippen LogP contribution in [0.4, 0.5) is 5.69 Å². The van der Waals surface area contributed by atoms with Crippen molar-refractivity contribution >= 4 is 23.2 Å². The summed E-state index contributed by atoms with van der Waals surface area (Å²) in [6.07, 6.45) is 0.808. The highest BCUT2D eigenvalue weighted by Gasteiger charge is 2.26. The quantitative estimate of drug-likeness (QED) is 0.773. The number of ether oxygens (including phenoxy) is 1. The molecule has 1 atom stereocenters. The Balaban J connectivity index is 1.43. The lowest BCUT2D eigenvalue weighted by Gasteiger charge is -2.38. The summed E-state index contributed by atoms with van der Waals surface area (Å²) in [5.74, 6) is 0.928. The van der Waals surface area contributed by atoms with Gasteiger partial charge >= 0.3 is 0 Å². The number of anilines is 1. The summed E-state index contributed by atoms with van der Waals surface area (Å²) in [6, 6.07) is 15.7. The summed E-state index contributed by atoms with van der Waals surface area (Å²) in [6.45, 7) is 6.04. The number of carbonyl (C=O) groups is 1. The molecule has 1 heterocycles. The first-order valence-electron chi connectivity index (χ1n) is 9.72. The van der Waals surface area contributed by atoms with Gasteiger partial charge in [0.1, 0.15) is 5.75 Å². The number of para-hydroxylation sites is 1. The number of nitrogens with zero attached hydrogens (tertiary/aromatic N) is 2. The van der Waals surface area contributed by atoms with Gasteiger partial charge in [-0.2, -0.15) is 0 Å². The van der Waals surface area contributed by atoms with E-state index in [1.165, 1.54) is 5.56 Å². The molecule has 1 aliphatic rings. The van der Waals surface area contributed by atoms with Crippen molar-refractivity contribution in [3.05, 3.63) is 59.1 Å². The van der Waals surface area contributed by atoms with Crippen LogP contribution in [0.25, 0.3) is 0 Å². The van der Waals surface area contributed by atoms with E-state index in [1.54, 1.807) is 7.11 Å². The maximum Gasteiger partial charge on any atom is 0.237 e. The van der Waals surface area contributed by atoms with Crippen LogP contribution in [0.1, 0.15) is 12.5 Å². The number of rotatable bonds is 7. The maximum absolute atomic E-state index is 12.5. The molecular weight excluding hydrogens is 374 g/mol. The molecule has 1 amide bonds. The number of hydrogen-bond donors (Lipinski definition) is 1. The molecule has 1 N–H and O–H groups in total. The van der Waals surface area contributed by atoms with Gasteiger partial charge in [0.15, 0.2) is 0 Å². The second-order valence-electron chi connectivity index (χ2n) is 7.04. The molecule has 1 saturated heterocycles. The Kier molecular flexibility index (Phi) is 7.18. The highest BCUT2D eigenvalue weighted by Crippen LogP contribution is 2.26. The van der Waals surface area contributed by atoms with Gasteiger partial charge in [-0.25, -0.2) is 0 Å². The fraction of sp³-hybridized carbons (Fsp3) is 0.409. The first-order chi connectivity index (χ1) is 13.6. The number of amides is 1. The molecule has 6 heteroatoms. The monoisotopic (exact) mass is 401 g/mol. The van der Waals surface area contributed by atoms with Crippen molar-refractivity contribution < 1.29 is 9.53 Å². The Bertz CT molecular complexity index is 774. The van der Waals surface area contributed by atoms with Crippen LogP contribution in [0.5, 0.6) is 5.75 Å².